The summed E-state index contributed by atoms with van der Waals surface area (Å²) in [4.78, 5) is 29.1. The number of thiazole rings is 1. The molecule has 8 heteroatoms. The van der Waals surface area contributed by atoms with E-state index in [0.29, 0.717) is 5.13 Å². The topological polar surface area (TPSA) is 80.3 Å². The molecule has 0 aliphatic heterocycles. The molecular weight excluding hydrogens is 393 g/mol. The summed E-state index contributed by atoms with van der Waals surface area (Å²) >= 11 is 1.34. The van der Waals surface area contributed by atoms with Crippen LogP contribution < -0.4 is 15.4 Å². The Bertz CT molecular complexity index is 1020. The van der Waals surface area contributed by atoms with Crippen molar-refractivity contribution in [1.29, 1.82) is 0 Å². The number of ether oxygens (including phenoxy) is 1. The van der Waals surface area contributed by atoms with Gasteiger partial charge in [-0.3, -0.25) is 14.9 Å². The Morgan fingerprint density at radius 3 is 2.55 bits per heavy atom. The quantitative estimate of drug-likeness (QED) is 0.590. The SMILES string of the molecule is CC(C)c1csc(NC(=O)c2ccccc2OCC(=O)Nc2ccccc2F)n1. The van der Waals surface area contributed by atoms with Crippen molar-refractivity contribution in [1.82, 2.24) is 4.98 Å². The predicted molar refractivity (Wildman–Crippen MR) is 111 cm³/mol. The largest absolute Gasteiger partial charge is 0.483 e. The molecule has 0 unspecified atom stereocenters. The van der Waals surface area contributed by atoms with Crippen LogP contribution in [0, 0.1) is 5.82 Å². The van der Waals surface area contributed by atoms with Crippen molar-refractivity contribution in [3.05, 3.63) is 71.0 Å². The Kier molecular flexibility index (Phi) is 6.56. The van der Waals surface area contributed by atoms with E-state index in [2.05, 4.69) is 15.6 Å². The number of amides is 2. The summed E-state index contributed by atoms with van der Waals surface area (Å²) in [5.74, 6) is -0.953. The lowest BCUT2D eigenvalue weighted by molar-refractivity contribution is -0.118. The van der Waals surface area contributed by atoms with E-state index in [1.807, 2.05) is 19.2 Å². The van der Waals surface area contributed by atoms with Gasteiger partial charge in [-0.05, 0) is 30.2 Å². The number of rotatable bonds is 7. The lowest BCUT2D eigenvalue weighted by atomic mass is 10.2. The summed E-state index contributed by atoms with van der Waals surface area (Å²) < 4.78 is 19.1. The number of halogens is 1. The van der Waals surface area contributed by atoms with E-state index in [-0.39, 0.29) is 35.4 Å². The average molecular weight is 413 g/mol. The van der Waals surface area contributed by atoms with E-state index in [9.17, 15) is 14.0 Å². The van der Waals surface area contributed by atoms with Crippen LogP contribution in [0.5, 0.6) is 5.75 Å². The summed E-state index contributed by atoms with van der Waals surface area (Å²) in [6, 6.07) is 12.4. The smallest absolute Gasteiger partial charge is 0.262 e. The average Bonchev–Trinajstić information content (AvgIpc) is 3.17. The molecule has 2 N–H and O–H groups in total. The molecule has 0 radical (unpaired) electrons. The molecule has 3 aromatic rings. The number of anilines is 2. The Hall–Kier alpha value is -3.26. The van der Waals surface area contributed by atoms with E-state index in [0.717, 1.165) is 5.69 Å². The number of para-hydroxylation sites is 2. The zero-order valence-corrected chi connectivity index (χ0v) is 16.8. The van der Waals surface area contributed by atoms with Gasteiger partial charge in [-0.25, -0.2) is 9.37 Å². The zero-order valence-electron chi connectivity index (χ0n) is 15.9. The molecule has 2 aromatic carbocycles. The first-order valence-electron chi connectivity index (χ1n) is 8.97. The normalized spacial score (nSPS) is 10.6. The molecule has 0 fully saturated rings. The van der Waals surface area contributed by atoms with Crippen LogP contribution in [0.1, 0.15) is 35.8 Å². The van der Waals surface area contributed by atoms with Gasteiger partial charge in [0.15, 0.2) is 11.7 Å². The van der Waals surface area contributed by atoms with E-state index < -0.39 is 11.7 Å². The van der Waals surface area contributed by atoms with Gasteiger partial charge in [0.1, 0.15) is 11.6 Å². The maximum atomic E-state index is 13.6. The maximum absolute atomic E-state index is 13.6. The maximum Gasteiger partial charge on any atom is 0.262 e. The van der Waals surface area contributed by atoms with E-state index in [1.165, 1.54) is 29.5 Å². The molecule has 3 rings (SSSR count). The molecular formula is C21H20FN3O3S. The fourth-order valence-electron chi connectivity index (χ4n) is 2.45. The number of carbonyl (C=O) groups is 2. The molecule has 6 nitrogen and oxygen atoms in total. The number of carbonyl (C=O) groups excluding carboxylic acids is 2. The zero-order chi connectivity index (χ0) is 20.8. The van der Waals surface area contributed by atoms with Crippen LogP contribution in [0.3, 0.4) is 0 Å². The third kappa shape index (κ3) is 5.39. The summed E-state index contributed by atoms with van der Waals surface area (Å²) in [7, 11) is 0. The Labute approximate surface area is 171 Å². The highest BCUT2D eigenvalue weighted by molar-refractivity contribution is 7.14. The second kappa shape index (κ2) is 9.29. The van der Waals surface area contributed by atoms with Crippen LogP contribution in [0.15, 0.2) is 53.9 Å². The minimum Gasteiger partial charge on any atom is -0.483 e. The molecule has 0 aliphatic rings. The number of benzene rings is 2. The summed E-state index contributed by atoms with van der Waals surface area (Å²) in [5, 5.41) is 7.57. The molecule has 0 saturated heterocycles. The minimum absolute atomic E-state index is 0.0665. The molecule has 0 saturated carbocycles. The summed E-state index contributed by atoms with van der Waals surface area (Å²) in [6.07, 6.45) is 0. The van der Waals surface area contributed by atoms with Gasteiger partial charge in [-0.2, -0.15) is 0 Å². The second-order valence-electron chi connectivity index (χ2n) is 6.50. The third-order valence-electron chi connectivity index (χ3n) is 3.97. The van der Waals surface area contributed by atoms with Crippen molar-refractivity contribution in [2.24, 2.45) is 0 Å². The molecule has 0 spiro atoms. The van der Waals surface area contributed by atoms with Gasteiger partial charge in [0.05, 0.1) is 16.9 Å². The van der Waals surface area contributed by atoms with Crippen LogP contribution >= 0.6 is 11.3 Å². The van der Waals surface area contributed by atoms with Crippen LogP contribution in [0.2, 0.25) is 0 Å². The third-order valence-corrected chi connectivity index (χ3v) is 4.75. The minimum atomic E-state index is -0.537. The van der Waals surface area contributed by atoms with Crippen molar-refractivity contribution in [2.75, 3.05) is 17.2 Å². The molecule has 0 bridgehead atoms. The first-order valence-corrected chi connectivity index (χ1v) is 9.85. The Morgan fingerprint density at radius 2 is 1.83 bits per heavy atom. The van der Waals surface area contributed by atoms with Crippen molar-refractivity contribution in [2.45, 2.75) is 19.8 Å². The molecule has 0 atom stereocenters. The first kappa shape index (κ1) is 20.5. The lowest BCUT2D eigenvalue weighted by Crippen LogP contribution is -2.22. The fourth-order valence-corrected chi connectivity index (χ4v) is 3.31. The highest BCUT2D eigenvalue weighted by atomic mass is 32.1. The first-order chi connectivity index (χ1) is 13.9. The molecule has 1 aromatic heterocycles. The van der Waals surface area contributed by atoms with Crippen LogP contribution in [0.4, 0.5) is 15.2 Å². The number of hydrogen-bond acceptors (Lipinski definition) is 5. The van der Waals surface area contributed by atoms with Crippen molar-refractivity contribution >= 4 is 34.0 Å². The van der Waals surface area contributed by atoms with Gasteiger partial charge in [0.25, 0.3) is 11.8 Å². The molecule has 29 heavy (non-hydrogen) atoms. The number of nitrogens with one attached hydrogen (secondary N) is 2. The van der Waals surface area contributed by atoms with Gasteiger partial charge in [-0.1, -0.05) is 38.1 Å². The molecule has 0 aliphatic carbocycles. The van der Waals surface area contributed by atoms with Gasteiger partial charge >= 0.3 is 0 Å². The predicted octanol–water partition coefficient (Wildman–Crippen LogP) is 4.68. The number of aromatic nitrogens is 1. The highest BCUT2D eigenvalue weighted by Gasteiger charge is 2.16. The van der Waals surface area contributed by atoms with Crippen LogP contribution in [-0.2, 0) is 4.79 Å². The van der Waals surface area contributed by atoms with Gasteiger partial charge < -0.3 is 10.1 Å². The lowest BCUT2D eigenvalue weighted by Gasteiger charge is -2.11. The standard InChI is InChI=1S/C21H20FN3O3S/c1-13(2)17-12-29-21(24-17)25-20(27)14-7-3-6-10-18(14)28-11-19(26)23-16-9-5-4-8-15(16)22/h3-10,12-13H,11H2,1-2H3,(H,23,26)(H,24,25,27). The van der Waals surface area contributed by atoms with Crippen LogP contribution in [-0.4, -0.2) is 23.4 Å². The van der Waals surface area contributed by atoms with E-state index in [4.69, 9.17) is 4.74 Å². The van der Waals surface area contributed by atoms with Gasteiger partial charge in [-0.15, -0.1) is 11.3 Å². The van der Waals surface area contributed by atoms with E-state index >= 15 is 0 Å². The van der Waals surface area contributed by atoms with Crippen molar-refractivity contribution in [3.8, 4) is 5.75 Å². The van der Waals surface area contributed by atoms with Crippen molar-refractivity contribution in [3.63, 3.8) is 0 Å². The van der Waals surface area contributed by atoms with Gasteiger partial charge in [0.2, 0.25) is 0 Å². The number of nitrogens with zero attached hydrogens (tertiary/aromatic N) is 1. The van der Waals surface area contributed by atoms with E-state index in [1.54, 1.807) is 30.3 Å². The molecule has 1 heterocycles. The monoisotopic (exact) mass is 413 g/mol. The Morgan fingerprint density at radius 1 is 1.10 bits per heavy atom. The van der Waals surface area contributed by atoms with Crippen molar-refractivity contribution < 1.29 is 18.7 Å². The summed E-state index contributed by atoms with van der Waals surface area (Å²) in [6.45, 7) is 3.68. The Balaban J connectivity index is 1.64. The molecule has 2 amide bonds. The summed E-state index contributed by atoms with van der Waals surface area (Å²) in [5.41, 5.74) is 1.24. The number of hydrogen-bond donors (Lipinski definition) is 2. The van der Waals surface area contributed by atoms with Crippen LogP contribution in [0.25, 0.3) is 0 Å². The fraction of sp³-hybridized carbons (Fsp3) is 0.190. The highest BCUT2D eigenvalue weighted by Crippen LogP contribution is 2.24. The van der Waals surface area contributed by atoms with Gasteiger partial charge in [0, 0.05) is 5.38 Å². The second-order valence-corrected chi connectivity index (χ2v) is 7.36. The molecule has 150 valence electrons.